The van der Waals surface area contributed by atoms with Crippen LogP contribution in [0.15, 0.2) is 30.3 Å². The van der Waals surface area contributed by atoms with Crippen molar-refractivity contribution in [3.05, 3.63) is 51.2 Å². The van der Waals surface area contributed by atoms with Gasteiger partial charge in [-0.25, -0.2) is 0 Å². The van der Waals surface area contributed by atoms with Gasteiger partial charge in [-0.05, 0) is 18.4 Å². The van der Waals surface area contributed by atoms with Crippen molar-refractivity contribution < 1.29 is 4.92 Å². The largest absolute Gasteiger partial charge is 0.337 e. The summed E-state index contributed by atoms with van der Waals surface area (Å²) in [5.41, 5.74) is 2.53. The van der Waals surface area contributed by atoms with Gasteiger partial charge in [-0.2, -0.15) is 0 Å². The van der Waals surface area contributed by atoms with E-state index in [-0.39, 0.29) is 15.6 Å². The summed E-state index contributed by atoms with van der Waals surface area (Å²) in [5.74, 6) is 0. The highest BCUT2D eigenvalue weighted by molar-refractivity contribution is 6.35. The van der Waals surface area contributed by atoms with E-state index in [1.165, 1.54) is 0 Å². The van der Waals surface area contributed by atoms with Crippen LogP contribution in [0.3, 0.4) is 0 Å². The molecule has 1 aliphatic heterocycles. The molecule has 0 unspecified atom stereocenters. The summed E-state index contributed by atoms with van der Waals surface area (Å²) in [5, 5.41) is 11.4. The molecule has 0 amide bonds. The van der Waals surface area contributed by atoms with Crippen molar-refractivity contribution in [2.24, 2.45) is 0 Å². The van der Waals surface area contributed by atoms with Crippen LogP contribution in [0.5, 0.6) is 0 Å². The summed E-state index contributed by atoms with van der Waals surface area (Å²) in [6, 6.07) is 9.59. The van der Waals surface area contributed by atoms with Gasteiger partial charge in [0.1, 0.15) is 5.02 Å². The van der Waals surface area contributed by atoms with E-state index in [0.717, 1.165) is 36.3 Å². The Hall–Kier alpha value is -1.81. The molecule has 0 radical (unpaired) electrons. The molecule has 0 fully saturated rings. The van der Waals surface area contributed by atoms with Crippen LogP contribution < -0.4 is 0 Å². The first-order chi connectivity index (χ1) is 8.70. The number of nitro groups is 1. The van der Waals surface area contributed by atoms with Crippen molar-refractivity contribution >= 4 is 17.3 Å². The lowest BCUT2D eigenvalue weighted by molar-refractivity contribution is -0.385. The summed E-state index contributed by atoms with van der Waals surface area (Å²) in [6.45, 7) is 0.799. The topological polar surface area (TPSA) is 48.1 Å². The summed E-state index contributed by atoms with van der Waals surface area (Å²) in [6.07, 6.45) is 1.66. The van der Waals surface area contributed by atoms with Gasteiger partial charge in [0, 0.05) is 6.54 Å². The predicted molar refractivity (Wildman–Crippen MR) is 69.9 cm³/mol. The molecule has 3 rings (SSSR count). The lowest BCUT2D eigenvalue weighted by Crippen LogP contribution is -1.95. The zero-order valence-electron chi connectivity index (χ0n) is 9.60. The van der Waals surface area contributed by atoms with Crippen LogP contribution >= 0.6 is 11.6 Å². The molecule has 1 aliphatic rings. The second-order valence-corrected chi connectivity index (χ2v) is 4.71. The lowest BCUT2D eigenvalue weighted by atomic mass is 10.1. The molecule has 0 spiro atoms. The zero-order valence-corrected chi connectivity index (χ0v) is 10.4. The lowest BCUT2D eigenvalue weighted by Gasteiger charge is -2.05. The van der Waals surface area contributed by atoms with Gasteiger partial charge in [0.2, 0.25) is 0 Å². The fraction of sp³-hybridized carbons (Fsp3) is 0.231. The number of fused-ring (bicyclic) bond motifs is 1. The average molecular weight is 263 g/mol. The number of aromatic nitrogens is 1. The van der Waals surface area contributed by atoms with E-state index in [9.17, 15) is 10.1 Å². The molecule has 18 heavy (non-hydrogen) atoms. The van der Waals surface area contributed by atoms with Crippen LogP contribution in [0.1, 0.15) is 12.1 Å². The van der Waals surface area contributed by atoms with E-state index >= 15 is 0 Å². The van der Waals surface area contributed by atoms with Gasteiger partial charge in [0.25, 0.3) is 0 Å². The fourth-order valence-electron chi connectivity index (χ4n) is 2.59. The van der Waals surface area contributed by atoms with Crippen LogP contribution in [-0.2, 0) is 13.0 Å². The minimum Gasteiger partial charge on any atom is -0.337 e. The molecule has 4 nitrogen and oxygen atoms in total. The highest BCUT2D eigenvalue weighted by Gasteiger charge is 2.32. The van der Waals surface area contributed by atoms with Crippen molar-refractivity contribution in [2.45, 2.75) is 19.4 Å². The average Bonchev–Trinajstić information content (AvgIpc) is 2.88. The molecule has 0 atom stereocenters. The van der Waals surface area contributed by atoms with Crippen LogP contribution in [0.25, 0.3) is 11.3 Å². The number of hydrogen-bond donors (Lipinski definition) is 0. The maximum absolute atomic E-state index is 11.1. The molecular formula is C13H11ClN2O2. The first-order valence-electron chi connectivity index (χ1n) is 5.81. The zero-order chi connectivity index (χ0) is 12.7. The second-order valence-electron chi connectivity index (χ2n) is 4.34. The normalized spacial score (nSPS) is 13.6. The Kier molecular flexibility index (Phi) is 2.59. The number of benzene rings is 1. The standard InChI is InChI=1S/C13H11ClN2O2/c14-11-12(9-5-2-1-3-6-9)15-8-4-7-10(15)13(11)16(17)18/h1-3,5-6H,4,7-8H2. The summed E-state index contributed by atoms with van der Waals surface area (Å²) < 4.78 is 1.98. The second kappa shape index (κ2) is 4.14. The first kappa shape index (κ1) is 11.3. The number of halogens is 1. The van der Waals surface area contributed by atoms with Crippen molar-refractivity contribution in [3.8, 4) is 11.3 Å². The molecule has 0 N–H and O–H groups in total. The minimum absolute atomic E-state index is 0.0769. The monoisotopic (exact) mass is 262 g/mol. The van der Waals surface area contributed by atoms with Crippen molar-refractivity contribution in [1.82, 2.24) is 4.57 Å². The Morgan fingerprint density at radius 1 is 1.28 bits per heavy atom. The van der Waals surface area contributed by atoms with E-state index in [0.29, 0.717) is 0 Å². The molecular weight excluding hydrogens is 252 g/mol. The van der Waals surface area contributed by atoms with Gasteiger partial charge in [0.15, 0.2) is 0 Å². The van der Waals surface area contributed by atoms with Gasteiger partial charge < -0.3 is 4.57 Å². The van der Waals surface area contributed by atoms with Crippen LogP contribution in [0.2, 0.25) is 5.02 Å². The number of nitrogens with zero attached hydrogens (tertiary/aromatic N) is 2. The fourth-order valence-corrected chi connectivity index (χ4v) is 2.98. The Morgan fingerprint density at radius 3 is 2.67 bits per heavy atom. The van der Waals surface area contributed by atoms with Gasteiger partial charge >= 0.3 is 5.69 Å². The van der Waals surface area contributed by atoms with Gasteiger partial charge in [0.05, 0.1) is 16.3 Å². The van der Waals surface area contributed by atoms with Crippen LogP contribution in [0, 0.1) is 10.1 Å². The highest BCUT2D eigenvalue weighted by atomic mass is 35.5. The Morgan fingerprint density at radius 2 is 2.00 bits per heavy atom. The Labute approximate surface area is 109 Å². The molecule has 2 heterocycles. The van der Waals surface area contributed by atoms with E-state index in [1.807, 2.05) is 34.9 Å². The van der Waals surface area contributed by atoms with E-state index in [1.54, 1.807) is 0 Å². The van der Waals surface area contributed by atoms with Crippen LogP contribution in [0.4, 0.5) is 5.69 Å². The molecule has 1 aromatic carbocycles. The molecule has 0 bridgehead atoms. The third-order valence-corrected chi connectivity index (χ3v) is 3.67. The summed E-state index contributed by atoms with van der Waals surface area (Å²) in [7, 11) is 0. The smallest absolute Gasteiger partial charge is 0.309 e. The van der Waals surface area contributed by atoms with Crippen LogP contribution in [-0.4, -0.2) is 9.49 Å². The highest BCUT2D eigenvalue weighted by Crippen LogP contribution is 2.43. The van der Waals surface area contributed by atoms with Gasteiger partial charge in [-0.3, -0.25) is 10.1 Å². The summed E-state index contributed by atoms with van der Waals surface area (Å²) in [4.78, 5) is 10.8. The maximum atomic E-state index is 11.1. The molecule has 0 saturated heterocycles. The minimum atomic E-state index is -0.369. The van der Waals surface area contributed by atoms with Crippen molar-refractivity contribution in [1.29, 1.82) is 0 Å². The maximum Gasteiger partial charge on any atom is 0.309 e. The van der Waals surface area contributed by atoms with Gasteiger partial charge in [-0.15, -0.1) is 0 Å². The Bertz CT molecular complexity index is 620. The summed E-state index contributed by atoms with van der Waals surface area (Å²) >= 11 is 6.21. The molecule has 1 aromatic heterocycles. The first-order valence-corrected chi connectivity index (χ1v) is 6.18. The Balaban J connectivity index is 2.28. The third kappa shape index (κ3) is 1.53. The van der Waals surface area contributed by atoms with E-state index in [2.05, 4.69) is 0 Å². The third-order valence-electron chi connectivity index (χ3n) is 3.31. The van der Waals surface area contributed by atoms with Crippen molar-refractivity contribution in [3.63, 3.8) is 0 Å². The quantitative estimate of drug-likeness (QED) is 0.612. The molecule has 5 heteroatoms. The van der Waals surface area contributed by atoms with E-state index in [4.69, 9.17) is 11.6 Å². The SMILES string of the molecule is O=[N+]([O-])c1c(Cl)c(-c2ccccc2)n2c1CCC2. The van der Waals surface area contributed by atoms with Gasteiger partial charge in [-0.1, -0.05) is 41.9 Å². The molecule has 92 valence electrons. The number of rotatable bonds is 2. The van der Waals surface area contributed by atoms with Crippen molar-refractivity contribution in [2.75, 3.05) is 0 Å². The molecule has 0 aliphatic carbocycles. The predicted octanol–water partition coefficient (Wildman–Crippen LogP) is 3.66. The molecule has 0 saturated carbocycles. The number of hydrogen-bond acceptors (Lipinski definition) is 2. The molecule has 2 aromatic rings. The van der Waals surface area contributed by atoms with E-state index < -0.39 is 0 Å².